The normalized spacial score (nSPS) is 20.6. The van der Waals surface area contributed by atoms with Crippen LogP contribution in [0, 0.1) is 5.92 Å². The molecule has 0 spiro atoms. The van der Waals surface area contributed by atoms with Crippen molar-refractivity contribution in [1.29, 1.82) is 0 Å². The highest BCUT2D eigenvalue weighted by molar-refractivity contribution is 5.42. The zero-order chi connectivity index (χ0) is 11.5. The second kappa shape index (κ2) is 4.62. The Balaban J connectivity index is 1.68. The van der Waals surface area contributed by atoms with Gasteiger partial charge in [-0.1, -0.05) is 5.16 Å². The Kier molecular flexibility index (Phi) is 2.83. The Hall–Kier alpha value is -1.76. The number of hydrogen-bond donors (Lipinski definition) is 2. The van der Waals surface area contributed by atoms with Gasteiger partial charge in [-0.25, -0.2) is 0 Å². The molecule has 2 aromatic heterocycles. The van der Waals surface area contributed by atoms with Gasteiger partial charge in [0.05, 0.1) is 6.20 Å². The van der Waals surface area contributed by atoms with Crippen LogP contribution in [0.4, 0.5) is 0 Å². The number of piperidine rings is 1. The summed E-state index contributed by atoms with van der Waals surface area (Å²) in [4.78, 5) is 4.32. The van der Waals surface area contributed by atoms with Gasteiger partial charge in [0.1, 0.15) is 0 Å². The molecule has 1 saturated heterocycles. The molecule has 0 bridgehead atoms. The zero-order valence-corrected chi connectivity index (χ0v) is 9.39. The minimum atomic E-state index is 0.428. The number of rotatable bonds is 3. The minimum Gasteiger partial charge on any atom is -0.332 e. The Morgan fingerprint density at radius 1 is 1.47 bits per heavy atom. The molecule has 3 heterocycles. The fourth-order valence-electron chi connectivity index (χ4n) is 2.10. The second-order valence-electron chi connectivity index (χ2n) is 4.29. The monoisotopic (exact) mass is 234 g/mol. The Morgan fingerprint density at radius 2 is 2.47 bits per heavy atom. The van der Waals surface area contributed by atoms with Crippen molar-refractivity contribution in [3.05, 3.63) is 12.0 Å². The highest BCUT2D eigenvalue weighted by atomic mass is 16.5. The number of aromatic amines is 1. The van der Waals surface area contributed by atoms with Crippen LogP contribution in [0.25, 0.3) is 11.6 Å². The van der Waals surface area contributed by atoms with Gasteiger partial charge in [0.2, 0.25) is 0 Å². The van der Waals surface area contributed by atoms with Crippen molar-refractivity contribution in [2.75, 3.05) is 13.1 Å². The van der Waals surface area contributed by atoms with E-state index in [0.717, 1.165) is 25.3 Å². The first kappa shape index (κ1) is 10.4. The van der Waals surface area contributed by atoms with Crippen molar-refractivity contribution in [2.45, 2.75) is 19.3 Å². The number of nitrogens with one attached hydrogen (secondary N) is 2. The molecule has 17 heavy (non-hydrogen) atoms. The first-order chi connectivity index (χ1) is 8.42. The Morgan fingerprint density at radius 3 is 3.24 bits per heavy atom. The molecule has 7 heteroatoms. The van der Waals surface area contributed by atoms with Crippen molar-refractivity contribution in [3.63, 3.8) is 0 Å². The van der Waals surface area contributed by atoms with E-state index in [9.17, 15) is 0 Å². The van der Waals surface area contributed by atoms with Crippen LogP contribution in [0.2, 0.25) is 0 Å². The third kappa shape index (κ3) is 2.33. The van der Waals surface area contributed by atoms with Crippen LogP contribution in [-0.4, -0.2) is 38.6 Å². The number of H-pyrrole nitrogens is 1. The summed E-state index contributed by atoms with van der Waals surface area (Å²) in [5.41, 5.74) is 0.588. The quantitative estimate of drug-likeness (QED) is 0.798. The van der Waals surface area contributed by atoms with Gasteiger partial charge in [0.25, 0.3) is 5.89 Å². The van der Waals surface area contributed by atoms with Crippen molar-refractivity contribution in [2.24, 2.45) is 5.92 Å². The highest BCUT2D eigenvalue weighted by Crippen LogP contribution is 2.17. The predicted octanol–water partition coefficient (Wildman–Crippen LogP) is 0.397. The van der Waals surface area contributed by atoms with Crippen LogP contribution >= 0.6 is 0 Å². The topological polar surface area (TPSA) is 92.5 Å². The first-order valence-corrected chi connectivity index (χ1v) is 5.81. The molecule has 0 saturated carbocycles. The van der Waals surface area contributed by atoms with Crippen molar-refractivity contribution in [1.82, 2.24) is 30.9 Å². The van der Waals surface area contributed by atoms with Crippen LogP contribution in [0.3, 0.4) is 0 Å². The van der Waals surface area contributed by atoms with Gasteiger partial charge in [-0.15, -0.1) is 0 Å². The lowest BCUT2D eigenvalue weighted by atomic mass is 9.96. The molecule has 3 rings (SSSR count). The molecule has 1 atom stereocenters. The van der Waals surface area contributed by atoms with Crippen molar-refractivity contribution >= 4 is 0 Å². The maximum absolute atomic E-state index is 5.15. The van der Waals surface area contributed by atoms with Gasteiger partial charge in [-0.3, -0.25) is 0 Å². The maximum Gasteiger partial charge on any atom is 0.280 e. The number of aromatic nitrogens is 5. The fourth-order valence-corrected chi connectivity index (χ4v) is 2.10. The second-order valence-corrected chi connectivity index (χ2v) is 4.29. The fraction of sp³-hybridized carbons (Fsp3) is 0.600. The van der Waals surface area contributed by atoms with E-state index in [1.54, 1.807) is 6.20 Å². The standard InChI is InChI=1S/C10H14N6O/c1-2-7(5-11-3-1)4-9-13-10(17-15-9)8-6-12-16-14-8/h6-7,11H,1-5H2,(H,12,14,16). The van der Waals surface area contributed by atoms with Gasteiger partial charge in [-0.05, 0) is 31.8 Å². The summed E-state index contributed by atoms with van der Waals surface area (Å²) in [6.45, 7) is 2.15. The Labute approximate surface area is 98.0 Å². The van der Waals surface area contributed by atoms with E-state index in [1.165, 1.54) is 12.8 Å². The molecule has 1 fully saturated rings. The van der Waals surface area contributed by atoms with Gasteiger partial charge in [0.15, 0.2) is 11.5 Å². The molecule has 2 aromatic rings. The van der Waals surface area contributed by atoms with E-state index < -0.39 is 0 Å². The van der Waals surface area contributed by atoms with E-state index in [1.807, 2.05) is 0 Å². The third-order valence-electron chi connectivity index (χ3n) is 2.97. The molecule has 2 N–H and O–H groups in total. The van der Waals surface area contributed by atoms with E-state index in [0.29, 0.717) is 17.5 Å². The molecule has 0 aliphatic carbocycles. The van der Waals surface area contributed by atoms with Gasteiger partial charge in [-0.2, -0.15) is 20.4 Å². The van der Waals surface area contributed by atoms with E-state index in [-0.39, 0.29) is 0 Å². The molecular weight excluding hydrogens is 220 g/mol. The number of hydrogen-bond acceptors (Lipinski definition) is 6. The third-order valence-corrected chi connectivity index (χ3v) is 2.97. The predicted molar refractivity (Wildman–Crippen MR) is 59.0 cm³/mol. The largest absolute Gasteiger partial charge is 0.332 e. The first-order valence-electron chi connectivity index (χ1n) is 5.81. The smallest absolute Gasteiger partial charge is 0.280 e. The molecule has 1 aliphatic heterocycles. The van der Waals surface area contributed by atoms with Crippen LogP contribution in [0.5, 0.6) is 0 Å². The highest BCUT2D eigenvalue weighted by Gasteiger charge is 2.18. The van der Waals surface area contributed by atoms with Crippen LogP contribution in [0.15, 0.2) is 10.7 Å². The van der Waals surface area contributed by atoms with Crippen molar-refractivity contribution < 1.29 is 4.52 Å². The molecule has 7 nitrogen and oxygen atoms in total. The summed E-state index contributed by atoms with van der Waals surface area (Å²) in [5.74, 6) is 1.78. The summed E-state index contributed by atoms with van der Waals surface area (Å²) < 4.78 is 5.15. The summed E-state index contributed by atoms with van der Waals surface area (Å²) in [6, 6.07) is 0. The van der Waals surface area contributed by atoms with Crippen LogP contribution in [0.1, 0.15) is 18.7 Å². The Bertz CT molecular complexity index is 459. The molecule has 0 aromatic carbocycles. The van der Waals surface area contributed by atoms with E-state index in [4.69, 9.17) is 4.52 Å². The van der Waals surface area contributed by atoms with E-state index >= 15 is 0 Å². The SMILES string of the molecule is c1n[nH]nc1-c1nc(CC2CCCNC2)no1. The molecule has 0 radical (unpaired) electrons. The van der Waals surface area contributed by atoms with Gasteiger partial charge < -0.3 is 9.84 Å². The summed E-state index contributed by atoms with van der Waals surface area (Å²) in [6.07, 6.45) is 4.87. The molecule has 1 unspecified atom stereocenters. The number of nitrogens with zero attached hydrogens (tertiary/aromatic N) is 4. The zero-order valence-electron chi connectivity index (χ0n) is 9.39. The summed E-state index contributed by atoms with van der Waals surface area (Å²) in [7, 11) is 0. The molecule has 0 amide bonds. The van der Waals surface area contributed by atoms with Gasteiger partial charge >= 0.3 is 0 Å². The average Bonchev–Trinajstić information content (AvgIpc) is 3.00. The lowest BCUT2D eigenvalue weighted by Gasteiger charge is -2.20. The maximum atomic E-state index is 5.15. The van der Waals surface area contributed by atoms with Crippen LogP contribution < -0.4 is 5.32 Å². The lowest BCUT2D eigenvalue weighted by molar-refractivity contribution is 0.359. The van der Waals surface area contributed by atoms with Crippen LogP contribution in [-0.2, 0) is 6.42 Å². The van der Waals surface area contributed by atoms with E-state index in [2.05, 4.69) is 30.9 Å². The minimum absolute atomic E-state index is 0.428. The van der Waals surface area contributed by atoms with Gasteiger partial charge in [0, 0.05) is 6.42 Å². The molecule has 90 valence electrons. The lowest BCUT2D eigenvalue weighted by Crippen LogP contribution is -2.31. The summed E-state index contributed by atoms with van der Waals surface area (Å²) in [5, 5.41) is 17.5. The van der Waals surface area contributed by atoms with Crippen molar-refractivity contribution in [3.8, 4) is 11.6 Å². The molecule has 1 aliphatic rings. The average molecular weight is 234 g/mol. The molecular formula is C10H14N6O. The summed E-state index contributed by atoms with van der Waals surface area (Å²) >= 11 is 0.